The summed E-state index contributed by atoms with van der Waals surface area (Å²) < 4.78 is 18.0. The molecule has 11 heteroatoms. The zero-order valence-electron chi connectivity index (χ0n) is 13.4. The molecule has 0 aliphatic heterocycles. The van der Waals surface area contributed by atoms with Crippen LogP contribution in [0.4, 0.5) is 10.1 Å². The second kappa shape index (κ2) is 8.41. The van der Waals surface area contributed by atoms with Crippen LogP contribution < -0.4 is 10.6 Å². The van der Waals surface area contributed by atoms with Crippen LogP contribution in [-0.2, 0) is 13.0 Å². The maximum Gasteiger partial charge on any atom is 0.201 e. The average molecular weight is 380 g/mol. The quantitative estimate of drug-likeness (QED) is 0.163. The van der Waals surface area contributed by atoms with Crippen molar-refractivity contribution >= 4 is 23.1 Å². The van der Waals surface area contributed by atoms with Gasteiger partial charge < -0.3 is 20.8 Å². The minimum atomic E-state index is -0.551. The van der Waals surface area contributed by atoms with Gasteiger partial charge in [0.25, 0.3) is 0 Å². The molecule has 0 aliphatic carbocycles. The smallest absolute Gasteiger partial charge is 0.201 e. The first-order valence-electron chi connectivity index (χ1n) is 7.61. The van der Waals surface area contributed by atoms with E-state index < -0.39 is 5.82 Å². The fourth-order valence-electron chi connectivity index (χ4n) is 2.20. The zero-order valence-corrected chi connectivity index (χ0v) is 14.2. The number of nitrogens with one attached hydrogen (secondary N) is 3. The average Bonchev–Trinajstić information content (AvgIpc) is 3.31. The lowest BCUT2D eigenvalue weighted by molar-refractivity contribution is 0.300. The lowest BCUT2D eigenvalue weighted by Gasteiger charge is -2.08. The molecule has 0 radical (unpaired) electrons. The molecule has 0 aliphatic rings. The number of hydrogen-bond acceptors (Lipinski definition) is 7. The Morgan fingerprint density at radius 1 is 1.38 bits per heavy atom. The molecule has 3 aromatic rings. The minimum Gasteiger partial charge on any atom is -0.409 e. The number of rotatable bonds is 7. The number of aromatic amines is 1. The monoisotopic (exact) mass is 379 g/mol. The van der Waals surface area contributed by atoms with Gasteiger partial charge in [0, 0.05) is 37.1 Å². The molecule has 0 fully saturated rings. The van der Waals surface area contributed by atoms with Crippen molar-refractivity contribution < 1.29 is 14.2 Å². The number of benzene rings is 1. The van der Waals surface area contributed by atoms with Crippen LogP contribution in [-0.4, -0.2) is 37.9 Å². The van der Waals surface area contributed by atoms with Gasteiger partial charge in [-0.05, 0) is 23.4 Å². The maximum absolute atomic E-state index is 13.2. The highest BCUT2D eigenvalue weighted by Gasteiger charge is 2.17. The standard InChI is InChI=1S/C15H15ClFN7O2/c16-11-5-9(1-2-12(11)17)21-15(22-25)14-13(23-26-24-14)7-18-4-3-10-6-19-8-20-10/h1-2,5-6,8,18,25H,3-4,7H2,(H,19,20)(H,21,22). The predicted octanol–water partition coefficient (Wildman–Crippen LogP) is 2.17. The van der Waals surface area contributed by atoms with Crippen molar-refractivity contribution in [1.29, 1.82) is 0 Å². The van der Waals surface area contributed by atoms with Gasteiger partial charge in [0.15, 0.2) is 5.69 Å². The van der Waals surface area contributed by atoms with Crippen molar-refractivity contribution in [3.8, 4) is 0 Å². The molecule has 0 bridgehead atoms. The highest BCUT2D eigenvalue weighted by atomic mass is 35.5. The molecule has 0 saturated heterocycles. The summed E-state index contributed by atoms with van der Waals surface area (Å²) in [7, 11) is 0. The first-order valence-corrected chi connectivity index (χ1v) is 7.99. The molecule has 2 heterocycles. The van der Waals surface area contributed by atoms with Crippen LogP contribution in [0.15, 0.2) is 40.5 Å². The number of aromatic nitrogens is 4. The normalized spacial score (nSPS) is 11.7. The second-order valence-electron chi connectivity index (χ2n) is 5.27. The van der Waals surface area contributed by atoms with E-state index in [0.717, 1.165) is 12.1 Å². The van der Waals surface area contributed by atoms with Crippen molar-refractivity contribution in [2.24, 2.45) is 5.16 Å². The minimum absolute atomic E-state index is 0.000655. The number of anilines is 1. The van der Waals surface area contributed by atoms with Crippen molar-refractivity contribution in [1.82, 2.24) is 25.6 Å². The van der Waals surface area contributed by atoms with Gasteiger partial charge in [-0.15, -0.1) is 0 Å². The van der Waals surface area contributed by atoms with Gasteiger partial charge in [-0.2, -0.15) is 0 Å². The Hall–Kier alpha value is -2.98. The third kappa shape index (κ3) is 4.35. The number of imidazole rings is 1. The van der Waals surface area contributed by atoms with Crippen molar-refractivity contribution in [2.75, 3.05) is 11.9 Å². The molecule has 0 amide bonds. The lowest BCUT2D eigenvalue weighted by Crippen LogP contribution is -2.21. The molecule has 26 heavy (non-hydrogen) atoms. The Balaban J connectivity index is 1.62. The molecule has 136 valence electrons. The van der Waals surface area contributed by atoms with Crippen molar-refractivity contribution in [3.63, 3.8) is 0 Å². The molecular formula is C15H15ClFN7O2. The van der Waals surface area contributed by atoms with Crippen LogP contribution in [0.25, 0.3) is 0 Å². The number of H-pyrrole nitrogens is 1. The van der Waals surface area contributed by atoms with Crippen LogP contribution >= 0.6 is 11.6 Å². The van der Waals surface area contributed by atoms with Crippen LogP contribution in [0, 0.1) is 5.82 Å². The Labute approximate surface area is 152 Å². The van der Waals surface area contributed by atoms with Crippen molar-refractivity contribution in [2.45, 2.75) is 13.0 Å². The fourth-order valence-corrected chi connectivity index (χ4v) is 2.38. The highest BCUT2D eigenvalue weighted by molar-refractivity contribution is 6.31. The van der Waals surface area contributed by atoms with Crippen molar-refractivity contribution in [3.05, 3.63) is 58.6 Å². The largest absolute Gasteiger partial charge is 0.409 e. The third-order valence-corrected chi connectivity index (χ3v) is 3.77. The molecule has 1 aromatic carbocycles. The molecular weight excluding hydrogens is 365 g/mol. The van der Waals surface area contributed by atoms with Crippen LogP contribution in [0.3, 0.4) is 0 Å². The number of hydrogen-bond donors (Lipinski definition) is 4. The topological polar surface area (TPSA) is 124 Å². The van der Waals surface area contributed by atoms with E-state index in [1.54, 1.807) is 12.5 Å². The summed E-state index contributed by atoms with van der Waals surface area (Å²) >= 11 is 5.74. The molecule has 0 atom stereocenters. The number of halogens is 2. The van der Waals surface area contributed by atoms with Gasteiger partial charge in [0.1, 0.15) is 11.5 Å². The fraction of sp³-hybridized carbons (Fsp3) is 0.200. The van der Waals surface area contributed by atoms with Crippen LogP contribution in [0.2, 0.25) is 5.02 Å². The van der Waals surface area contributed by atoms with Gasteiger partial charge in [-0.3, -0.25) is 0 Å². The summed E-state index contributed by atoms with van der Waals surface area (Å²) in [5, 5.41) is 25.9. The van der Waals surface area contributed by atoms with Gasteiger partial charge in [0.05, 0.1) is 11.3 Å². The van der Waals surface area contributed by atoms with E-state index in [9.17, 15) is 9.60 Å². The zero-order chi connectivity index (χ0) is 18.4. The SMILES string of the molecule is ON=C(Nc1ccc(F)c(Cl)c1)c1nonc1CNCCc1cnc[nH]1. The highest BCUT2D eigenvalue weighted by Crippen LogP contribution is 2.20. The van der Waals surface area contributed by atoms with E-state index in [-0.39, 0.29) is 16.6 Å². The van der Waals surface area contributed by atoms with Gasteiger partial charge in [0.2, 0.25) is 5.84 Å². The van der Waals surface area contributed by atoms with Crippen LogP contribution in [0.1, 0.15) is 17.1 Å². The second-order valence-corrected chi connectivity index (χ2v) is 5.67. The number of oxime groups is 1. The van der Waals surface area contributed by atoms with E-state index in [2.05, 4.69) is 36.1 Å². The van der Waals surface area contributed by atoms with Gasteiger partial charge >= 0.3 is 0 Å². The lowest BCUT2D eigenvalue weighted by atomic mass is 10.2. The van der Waals surface area contributed by atoms with E-state index >= 15 is 0 Å². The summed E-state index contributed by atoms with van der Waals surface area (Å²) in [6.45, 7) is 1.01. The van der Waals surface area contributed by atoms with Gasteiger partial charge in [-0.25, -0.2) is 14.0 Å². The summed E-state index contributed by atoms with van der Waals surface area (Å²) in [5.74, 6) is -0.552. The molecule has 4 N–H and O–H groups in total. The Morgan fingerprint density at radius 2 is 2.27 bits per heavy atom. The molecule has 2 aromatic heterocycles. The molecule has 9 nitrogen and oxygen atoms in total. The maximum atomic E-state index is 13.2. The van der Waals surface area contributed by atoms with E-state index in [1.165, 1.54) is 18.2 Å². The summed E-state index contributed by atoms with van der Waals surface area (Å²) in [6, 6.07) is 4.00. The molecule has 0 saturated carbocycles. The predicted molar refractivity (Wildman–Crippen MR) is 91.7 cm³/mol. The molecule has 0 spiro atoms. The number of amidine groups is 1. The molecule has 0 unspecified atom stereocenters. The van der Waals surface area contributed by atoms with E-state index in [0.29, 0.717) is 24.5 Å². The first kappa shape index (κ1) is 17.8. The first-order chi connectivity index (χ1) is 12.7. The van der Waals surface area contributed by atoms with Gasteiger partial charge in [-0.1, -0.05) is 21.9 Å². The van der Waals surface area contributed by atoms with E-state index in [1.807, 2.05) is 0 Å². The Kier molecular flexibility index (Phi) is 5.77. The summed E-state index contributed by atoms with van der Waals surface area (Å²) in [6.07, 6.45) is 4.12. The van der Waals surface area contributed by atoms with E-state index in [4.69, 9.17) is 16.2 Å². The Morgan fingerprint density at radius 3 is 3.00 bits per heavy atom. The Bertz CT molecular complexity index is 882. The number of nitrogens with zero attached hydrogens (tertiary/aromatic N) is 4. The third-order valence-electron chi connectivity index (χ3n) is 3.48. The summed E-state index contributed by atoms with van der Waals surface area (Å²) in [5.41, 5.74) is 2.10. The molecule has 3 rings (SSSR count). The summed E-state index contributed by atoms with van der Waals surface area (Å²) in [4.78, 5) is 6.95. The van der Waals surface area contributed by atoms with Crippen LogP contribution in [0.5, 0.6) is 0 Å².